The molecule has 0 aromatic carbocycles. The molecule has 2 aromatic rings. The van der Waals surface area contributed by atoms with E-state index in [1.807, 2.05) is 11.4 Å². The summed E-state index contributed by atoms with van der Waals surface area (Å²) in [6.45, 7) is 0. The Morgan fingerprint density at radius 1 is 1.47 bits per heavy atom. The first-order chi connectivity index (χ1) is 9.13. The zero-order chi connectivity index (χ0) is 13.8. The van der Waals surface area contributed by atoms with Crippen LogP contribution in [0.4, 0.5) is 0 Å². The van der Waals surface area contributed by atoms with Crippen molar-refractivity contribution in [2.24, 2.45) is 10.9 Å². The van der Waals surface area contributed by atoms with E-state index >= 15 is 0 Å². The number of methoxy groups -OCH3 is 1. The van der Waals surface area contributed by atoms with Crippen molar-refractivity contribution in [2.75, 3.05) is 7.11 Å². The van der Waals surface area contributed by atoms with Gasteiger partial charge in [-0.05, 0) is 11.4 Å². The number of ether oxygens (including phenoxy) is 1. The van der Waals surface area contributed by atoms with Crippen molar-refractivity contribution in [2.45, 2.75) is 0 Å². The number of rotatable bonds is 4. The Labute approximate surface area is 122 Å². The van der Waals surface area contributed by atoms with Crippen molar-refractivity contribution in [3.8, 4) is 5.75 Å². The minimum Gasteiger partial charge on any atom is -0.493 e. The van der Waals surface area contributed by atoms with Gasteiger partial charge in [-0.3, -0.25) is 0 Å². The summed E-state index contributed by atoms with van der Waals surface area (Å²) in [6, 6.07) is 3.60. The molecule has 0 spiro atoms. The van der Waals surface area contributed by atoms with Crippen LogP contribution in [0.2, 0.25) is 4.34 Å². The Hall–Kier alpha value is -1.57. The predicted molar refractivity (Wildman–Crippen MR) is 76.3 cm³/mol. The van der Waals surface area contributed by atoms with Gasteiger partial charge >= 0.3 is 5.97 Å². The van der Waals surface area contributed by atoms with Crippen LogP contribution in [0, 0.1) is 0 Å². The summed E-state index contributed by atoms with van der Waals surface area (Å²) >= 11 is 8.44. The van der Waals surface area contributed by atoms with Gasteiger partial charge in [0.1, 0.15) is 9.90 Å². The van der Waals surface area contributed by atoms with Gasteiger partial charge in [-0.2, -0.15) is 0 Å². The van der Waals surface area contributed by atoms with E-state index in [0.717, 1.165) is 4.88 Å². The lowest BCUT2D eigenvalue weighted by molar-refractivity contribution is 0.0513. The SMILES string of the molecule is COc1c(C(=O)O/N=C(/N)c2cccs2)csc1Cl. The quantitative estimate of drug-likeness (QED) is 0.407. The van der Waals surface area contributed by atoms with Crippen LogP contribution in [0.5, 0.6) is 5.75 Å². The zero-order valence-electron chi connectivity index (χ0n) is 9.75. The predicted octanol–water partition coefficient (Wildman–Crippen LogP) is 2.95. The number of amidine groups is 1. The van der Waals surface area contributed by atoms with Crippen molar-refractivity contribution in [3.05, 3.63) is 37.7 Å². The van der Waals surface area contributed by atoms with E-state index in [4.69, 9.17) is 26.9 Å². The van der Waals surface area contributed by atoms with E-state index in [-0.39, 0.29) is 17.1 Å². The molecule has 0 saturated heterocycles. The summed E-state index contributed by atoms with van der Waals surface area (Å²) in [5.74, 6) is -0.246. The van der Waals surface area contributed by atoms with Crippen LogP contribution < -0.4 is 10.5 Å². The molecule has 0 amide bonds. The van der Waals surface area contributed by atoms with Gasteiger partial charge in [0.25, 0.3) is 0 Å². The Bertz CT molecular complexity index is 607. The fraction of sp³-hybridized carbons (Fsp3) is 0.0909. The number of thiophene rings is 2. The molecule has 0 saturated carbocycles. The first-order valence-corrected chi connectivity index (χ1v) is 7.17. The highest BCUT2D eigenvalue weighted by molar-refractivity contribution is 7.15. The molecule has 0 bridgehead atoms. The lowest BCUT2D eigenvalue weighted by atomic mass is 10.3. The van der Waals surface area contributed by atoms with Crippen LogP contribution in [0.25, 0.3) is 0 Å². The topological polar surface area (TPSA) is 73.9 Å². The molecule has 8 heteroatoms. The molecule has 0 atom stereocenters. The highest BCUT2D eigenvalue weighted by Gasteiger charge is 2.19. The monoisotopic (exact) mass is 316 g/mol. The summed E-state index contributed by atoms with van der Waals surface area (Å²) in [5.41, 5.74) is 5.89. The van der Waals surface area contributed by atoms with Gasteiger partial charge in [-0.1, -0.05) is 22.8 Å². The summed E-state index contributed by atoms with van der Waals surface area (Å²) < 4.78 is 5.40. The maximum Gasteiger partial charge on any atom is 0.370 e. The number of halogens is 1. The summed E-state index contributed by atoms with van der Waals surface area (Å²) in [6.07, 6.45) is 0. The molecule has 5 nitrogen and oxygen atoms in total. The van der Waals surface area contributed by atoms with E-state index < -0.39 is 5.97 Å². The fourth-order valence-electron chi connectivity index (χ4n) is 1.26. The van der Waals surface area contributed by atoms with Crippen molar-refractivity contribution in [1.82, 2.24) is 0 Å². The first-order valence-electron chi connectivity index (χ1n) is 5.03. The highest BCUT2D eigenvalue weighted by Crippen LogP contribution is 2.35. The van der Waals surface area contributed by atoms with Crippen molar-refractivity contribution in [1.29, 1.82) is 0 Å². The second kappa shape index (κ2) is 6.05. The van der Waals surface area contributed by atoms with Crippen molar-refractivity contribution >= 4 is 46.1 Å². The Kier molecular flexibility index (Phi) is 4.41. The van der Waals surface area contributed by atoms with Crippen molar-refractivity contribution in [3.63, 3.8) is 0 Å². The number of nitrogens with two attached hydrogens (primary N) is 1. The summed E-state index contributed by atoms with van der Waals surface area (Å²) in [4.78, 5) is 17.3. The molecule has 100 valence electrons. The molecule has 2 N–H and O–H groups in total. The fourth-order valence-corrected chi connectivity index (χ4v) is 2.92. The molecule has 0 aliphatic rings. The van der Waals surface area contributed by atoms with Gasteiger partial charge in [0.15, 0.2) is 11.6 Å². The second-order valence-electron chi connectivity index (χ2n) is 3.29. The number of oxime groups is 1. The van der Waals surface area contributed by atoms with Gasteiger partial charge in [-0.25, -0.2) is 4.79 Å². The largest absolute Gasteiger partial charge is 0.493 e. The van der Waals surface area contributed by atoms with Crippen molar-refractivity contribution < 1.29 is 14.4 Å². The number of nitrogens with zero attached hydrogens (tertiary/aromatic N) is 1. The second-order valence-corrected chi connectivity index (χ2v) is 5.72. The maximum absolute atomic E-state index is 11.8. The Morgan fingerprint density at radius 3 is 2.89 bits per heavy atom. The molecular weight excluding hydrogens is 308 g/mol. The molecule has 0 radical (unpaired) electrons. The van der Waals surface area contributed by atoms with Crippen LogP contribution in [-0.4, -0.2) is 18.9 Å². The average Bonchev–Trinajstić information content (AvgIpc) is 3.04. The minimum absolute atomic E-state index is 0.142. The van der Waals surface area contributed by atoms with E-state index in [1.54, 1.807) is 11.4 Å². The number of hydrogen-bond acceptors (Lipinski definition) is 6. The Balaban J connectivity index is 2.11. The number of carbonyl (C=O) groups is 1. The third-order valence-corrected chi connectivity index (χ3v) is 4.21. The number of hydrogen-bond donors (Lipinski definition) is 1. The molecule has 2 heterocycles. The average molecular weight is 317 g/mol. The molecule has 2 rings (SSSR count). The summed E-state index contributed by atoms with van der Waals surface area (Å²) in [7, 11) is 1.42. The minimum atomic E-state index is -0.667. The molecule has 0 unspecified atom stereocenters. The van der Waals surface area contributed by atoms with Crippen LogP contribution in [0.1, 0.15) is 15.2 Å². The Morgan fingerprint density at radius 2 is 2.26 bits per heavy atom. The van der Waals surface area contributed by atoms with E-state index in [2.05, 4.69) is 5.16 Å². The van der Waals surface area contributed by atoms with Gasteiger partial charge < -0.3 is 15.3 Å². The maximum atomic E-state index is 11.8. The van der Waals surface area contributed by atoms with E-state index in [9.17, 15) is 4.79 Å². The van der Waals surface area contributed by atoms with Gasteiger partial charge in [0.2, 0.25) is 0 Å². The normalized spacial score (nSPS) is 11.4. The van der Waals surface area contributed by atoms with Gasteiger partial charge in [-0.15, -0.1) is 22.7 Å². The molecular formula is C11H9ClN2O3S2. The summed E-state index contributed by atoms with van der Waals surface area (Å²) in [5, 5.41) is 6.98. The smallest absolute Gasteiger partial charge is 0.370 e. The molecule has 2 aromatic heterocycles. The van der Waals surface area contributed by atoms with Crippen LogP contribution >= 0.6 is 34.3 Å². The molecule has 0 fully saturated rings. The van der Waals surface area contributed by atoms with E-state index in [1.165, 1.54) is 29.8 Å². The molecule has 19 heavy (non-hydrogen) atoms. The zero-order valence-corrected chi connectivity index (χ0v) is 12.1. The molecule has 0 aliphatic heterocycles. The highest BCUT2D eigenvalue weighted by atomic mass is 35.5. The standard InChI is InChI=1S/C11H9ClN2O3S2/c1-16-8-6(5-19-9(8)12)11(15)17-14-10(13)7-3-2-4-18-7/h2-5H,1H3,(H2,13,14). The lowest BCUT2D eigenvalue weighted by Crippen LogP contribution is -2.13. The third-order valence-electron chi connectivity index (χ3n) is 2.13. The van der Waals surface area contributed by atoms with Gasteiger partial charge in [0.05, 0.1) is 12.0 Å². The van der Waals surface area contributed by atoms with Crippen LogP contribution in [0.3, 0.4) is 0 Å². The van der Waals surface area contributed by atoms with Crippen LogP contribution in [-0.2, 0) is 4.84 Å². The lowest BCUT2D eigenvalue weighted by Gasteiger charge is -2.01. The third kappa shape index (κ3) is 3.06. The van der Waals surface area contributed by atoms with E-state index in [0.29, 0.717) is 4.34 Å². The van der Waals surface area contributed by atoms with Crippen LogP contribution in [0.15, 0.2) is 28.0 Å². The molecule has 0 aliphatic carbocycles. The first kappa shape index (κ1) is 13.9. The van der Waals surface area contributed by atoms with Gasteiger partial charge in [0, 0.05) is 5.38 Å². The number of carbonyl (C=O) groups excluding carboxylic acids is 1.